The summed E-state index contributed by atoms with van der Waals surface area (Å²) >= 11 is 1.62. The lowest BCUT2D eigenvalue weighted by atomic mass is 9.84. The van der Waals surface area contributed by atoms with Crippen LogP contribution >= 0.6 is 11.3 Å². The van der Waals surface area contributed by atoms with Crippen molar-refractivity contribution < 1.29 is 23.5 Å². The highest BCUT2D eigenvalue weighted by Gasteiger charge is 2.45. The number of benzene rings is 1. The summed E-state index contributed by atoms with van der Waals surface area (Å²) in [5, 5.41) is 6.06. The first kappa shape index (κ1) is 17.3. The van der Waals surface area contributed by atoms with Gasteiger partial charge in [-0.25, -0.2) is 0 Å². The number of carbonyl (C=O) groups is 1. The van der Waals surface area contributed by atoms with E-state index in [-0.39, 0.29) is 19.4 Å². The molecule has 1 aliphatic carbocycles. The summed E-state index contributed by atoms with van der Waals surface area (Å²) in [6.45, 7) is 0.322. The summed E-state index contributed by atoms with van der Waals surface area (Å²) in [6.07, 6.45) is 3.78. The molecular formula is C21H19NO5S. The van der Waals surface area contributed by atoms with E-state index in [4.69, 9.17) is 18.7 Å². The van der Waals surface area contributed by atoms with Crippen LogP contribution in [-0.4, -0.2) is 17.9 Å². The van der Waals surface area contributed by atoms with E-state index in [0.717, 1.165) is 36.1 Å². The van der Waals surface area contributed by atoms with E-state index in [1.54, 1.807) is 17.4 Å². The van der Waals surface area contributed by atoms with Crippen LogP contribution in [0.3, 0.4) is 0 Å². The largest absolute Gasteiger partial charge is 0.458 e. The summed E-state index contributed by atoms with van der Waals surface area (Å²) in [5.74, 6) is 1.83. The molecule has 0 amide bonds. The number of ether oxygens (including phenoxy) is 3. The Hall–Kier alpha value is -2.80. The number of nitrogens with zero attached hydrogens (tertiary/aromatic N) is 1. The third kappa shape index (κ3) is 2.96. The molecule has 1 aliphatic heterocycles. The summed E-state index contributed by atoms with van der Waals surface area (Å²) in [4.78, 5) is 14.0. The molecule has 2 aromatic heterocycles. The van der Waals surface area contributed by atoms with E-state index < -0.39 is 5.41 Å². The van der Waals surface area contributed by atoms with Gasteiger partial charge in [0.2, 0.25) is 6.79 Å². The minimum Gasteiger partial charge on any atom is -0.458 e. The van der Waals surface area contributed by atoms with Gasteiger partial charge in [-0.15, -0.1) is 11.3 Å². The van der Waals surface area contributed by atoms with Crippen LogP contribution in [0.5, 0.6) is 11.5 Å². The Morgan fingerprint density at radius 2 is 2.00 bits per heavy atom. The molecule has 1 saturated carbocycles. The van der Waals surface area contributed by atoms with Crippen LogP contribution in [0.25, 0.3) is 11.3 Å². The Labute approximate surface area is 166 Å². The minimum atomic E-state index is -0.502. The Morgan fingerprint density at radius 3 is 2.82 bits per heavy atom. The lowest BCUT2D eigenvalue weighted by Crippen LogP contribution is -2.33. The molecule has 3 heterocycles. The quantitative estimate of drug-likeness (QED) is 0.582. The highest BCUT2D eigenvalue weighted by atomic mass is 32.1. The molecule has 0 N–H and O–H groups in total. The smallest absolute Gasteiger partial charge is 0.317 e. The molecule has 7 heteroatoms. The Morgan fingerprint density at radius 1 is 1.14 bits per heavy atom. The maximum Gasteiger partial charge on any atom is 0.317 e. The molecule has 1 fully saturated rings. The van der Waals surface area contributed by atoms with E-state index in [2.05, 4.69) is 5.16 Å². The van der Waals surface area contributed by atoms with Crippen LogP contribution in [0.15, 0.2) is 46.3 Å². The third-order valence-corrected chi connectivity index (χ3v) is 6.48. The summed E-state index contributed by atoms with van der Waals surface area (Å²) < 4.78 is 21.8. The zero-order valence-corrected chi connectivity index (χ0v) is 16.0. The van der Waals surface area contributed by atoms with E-state index in [9.17, 15) is 4.79 Å². The second kappa shape index (κ2) is 6.98. The second-order valence-corrected chi connectivity index (χ2v) is 8.04. The predicted molar refractivity (Wildman–Crippen MR) is 102 cm³/mol. The number of hydrogen-bond donors (Lipinski definition) is 0. The van der Waals surface area contributed by atoms with E-state index in [0.29, 0.717) is 23.0 Å². The van der Waals surface area contributed by atoms with Crippen LogP contribution in [0, 0.1) is 0 Å². The fourth-order valence-corrected chi connectivity index (χ4v) is 4.90. The number of thiophene rings is 1. The van der Waals surface area contributed by atoms with Crippen molar-refractivity contribution in [2.24, 2.45) is 0 Å². The Bertz CT molecular complexity index is 988. The molecule has 28 heavy (non-hydrogen) atoms. The topological polar surface area (TPSA) is 70.8 Å². The summed E-state index contributed by atoms with van der Waals surface area (Å²) in [6, 6.07) is 11.4. The minimum absolute atomic E-state index is 0.0972. The van der Waals surface area contributed by atoms with Crippen molar-refractivity contribution in [3.05, 3.63) is 52.3 Å². The number of hydrogen-bond acceptors (Lipinski definition) is 7. The maximum absolute atomic E-state index is 12.9. The van der Waals surface area contributed by atoms with Crippen molar-refractivity contribution in [2.75, 3.05) is 6.79 Å². The van der Waals surface area contributed by atoms with Gasteiger partial charge in [0.05, 0.1) is 0 Å². The van der Waals surface area contributed by atoms with Gasteiger partial charge >= 0.3 is 5.97 Å². The molecule has 1 aromatic carbocycles. The molecule has 6 nitrogen and oxygen atoms in total. The fraction of sp³-hybridized carbons (Fsp3) is 0.333. The zero-order chi connectivity index (χ0) is 19.0. The third-order valence-electron chi connectivity index (χ3n) is 5.41. The van der Waals surface area contributed by atoms with Crippen molar-refractivity contribution in [1.82, 2.24) is 5.16 Å². The van der Waals surface area contributed by atoms with E-state index in [1.165, 1.54) is 0 Å². The average molecular weight is 397 g/mol. The van der Waals surface area contributed by atoms with Gasteiger partial charge in [0.1, 0.15) is 17.7 Å². The van der Waals surface area contributed by atoms with Crippen molar-refractivity contribution in [3.8, 4) is 22.8 Å². The Kier molecular flexibility index (Phi) is 4.31. The molecule has 2 aliphatic rings. The van der Waals surface area contributed by atoms with E-state index in [1.807, 2.05) is 35.7 Å². The first-order valence-electron chi connectivity index (χ1n) is 9.31. The van der Waals surface area contributed by atoms with Gasteiger partial charge in [0.25, 0.3) is 0 Å². The molecule has 5 rings (SSSR count). The van der Waals surface area contributed by atoms with Gasteiger partial charge < -0.3 is 18.7 Å². The van der Waals surface area contributed by atoms with Crippen LogP contribution in [0.4, 0.5) is 0 Å². The second-order valence-electron chi connectivity index (χ2n) is 7.09. The van der Waals surface area contributed by atoms with E-state index >= 15 is 0 Å². The predicted octanol–water partition coefficient (Wildman–Crippen LogP) is 4.69. The molecule has 144 valence electrons. The van der Waals surface area contributed by atoms with Crippen molar-refractivity contribution in [3.63, 3.8) is 0 Å². The lowest BCUT2D eigenvalue weighted by molar-refractivity contribution is -0.152. The fourth-order valence-electron chi connectivity index (χ4n) is 3.92. The highest BCUT2D eigenvalue weighted by Crippen LogP contribution is 2.44. The molecule has 0 unspecified atom stereocenters. The number of carbonyl (C=O) groups excluding carboxylic acids is 1. The van der Waals surface area contributed by atoms with Gasteiger partial charge in [0.15, 0.2) is 17.3 Å². The number of aromatic nitrogens is 1. The lowest BCUT2D eigenvalue weighted by Gasteiger charge is -2.25. The molecular weight excluding hydrogens is 378 g/mol. The van der Waals surface area contributed by atoms with Gasteiger partial charge in [-0.1, -0.05) is 24.1 Å². The van der Waals surface area contributed by atoms with Crippen LogP contribution in [0.2, 0.25) is 0 Å². The molecule has 0 saturated heterocycles. The molecule has 0 bridgehead atoms. The normalized spacial score (nSPS) is 17.0. The number of fused-ring (bicyclic) bond motifs is 1. The first-order valence-corrected chi connectivity index (χ1v) is 10.2. The maximum atomic E-state index is 12.9. The first-order chi connectivity index (χ1) is 13.7. The number of esters is 1. The van der Waals surface area contributed by atoms with Crippen molar-refractivity contribution in [2.45, 2.75) is 37.7 Å². The van der Waals surface area contributed by atoms with Crippen molar-refractivity contribution >= 4 is 17.3 Å². The van der Waals surface area contributed by atoms with Crippen molar-refractivity contribution in [1.29, 1.82) is 0 Å². The SMILES string of the molecule is O=C(OCc1cc(-c2ccc3c(c2)OCO3)on1)C1(c2cccs2)CCCC1. The van der Waals surface area contributed by atoms with Crippen LogP contribution in [0.1, 0.15) is 36.3 Å². The van der Waals surface area contributed by atoms with Gasteiger partial charge in [0, 0.05) is 16.5 Å². The zero-order valence-electron chi connectivity index (χ0n) is 15.2. The van der Waals surface area contributed by atoms with Crippen LogP contribution < -0.4 is 9.47 Å². The average Bonchev–Trinajstić information content (AvgIpc) is 3.51. The molecule has 3 aromatic rings. The summed E-state index contributed by atoms with van der Waals surface area (Å²) in [5.41, 5.74) is 0.915. The monoisotopic (exact) mass is 397 g/mol. The Balaban J connectivity index is 1.29. The highest BCUT2D eigenvalue weighted by molar-refractivity contribution is 7.10. The van der Waals surface area contributed by atoms with Gasteiger partial charge in [-0.2, -0.15) is 0 Å². The van der Waals surface area contributed by atoms with Crippen LogP contribution in [-0.2, 0) is 21.6 Å². The summed E-state index contributed by atoms with van der Waals surface area (Å²) in [7, 11) is 0. The van der Waals surface area contributed by atoms with Gasteiger partial charge in [-0.3, -0.25) is 4.79 Å². The molecule has 0 atom stereocenters. The number of rotatable bonds is 5. The molecule has 0 radical (unpaired) electrons. The van der Waals surface area contributed by atoms with Gasteiger partial charge in [-0.05, 0) is 42.5 Å². The molecule has 0 spiro atoms. The standard InChI is InChI=1S/C21H19NO5S/c23-20(21(7-1-2-8-21)19-4-3-9-28-19)24-12-15-11-17(27-22-15)14-5-6-16-18(10-14)26-13-25-16/h3-6,9-11H,1-2,7-8,12-13H2.